The van der Waals surface area contributed by atoms with Gasteiger partial charge in [-0.15, -0.1) is 0 Å². The number of nitrogens with zero attached hydrogens (tertiary/aromatic N) is 1. The number of hydrogen-bond donors (Lipinski definition) is 0. The van der Waals surface area contributed by atoms with Gasteiger partial charge in [-0.2, -0.15) is 0 Å². The van der Waals surface area contributed by atoms with Crippen molar-refractivity contribution < 1.29 is 0 Å². The van der Waals surface area contributed by atoms with E-state index in [1.165, 1.54) is 42.5 Å². The normalized spacial score (nSPS) is 12.4. The Bertz CT molecular complexity index is 1040. The second-order valence-corrected chi connectivity index (χ2v) is 7.23. The van der Waals surface area contributed by atoms with Gasteiger partial charge in [0.05, 0.1) is 5.52 Å². The van der Waals surface area contributed by atoms with Crippen LogP contribution < -0.4 is 0 Å². The molecule has 5 rings (SSSR count). The minimum atomic E-state index is 1.01. The van der Waals surface area contributed by atoms with Crippen LogP contribution >= 0.6 is 22.6 Å². The van der Waals surface area contributed by atoms with Gasteiger partial charge in [-0.3, -0.25) is 0 Å². The summed E-state index contributed by atoms with van der Waals surface area (Å²) in [5, 5.41) is 1.36. The number of para-hydroxylation sites is 1. The Morgan fingerprint density at radius 1 is 0.826 bits per heavy atom. The van der Waals surface area contributed by atoms with Crippen molar-refractivity contribution in [3.05, 3.63) is 87.6 Å². The lowest BCUT2D eigenvalue weighted by molar-refractivity contribution is 1.01. The lowest BCUT2D eigenvalue weighted by atomic mass is 10.0. The van der Waals surface area contributed by atoms with Crippen molar-refractivity contribution in [2.24, 2.45) is 0 Å². The second kappa shape index (κ2) is 4.96. The summed E-state index contributed by atoms with van der Waals surface area (Å²) in [7, 11) is 0. The summed E-state index contributed by atoms with van der Waals surface area (Å²) >= 11 is 2.41. The molecule has 1 aromatic heterocycles. The van der Waals surface area contributed by atoms with Gasteiger partial charge in [-0.1, -0.05) is 42.5 Å². The van der Waals surface area contributed by atoms with E-state index in [4.69, 9.17) is 0 Å². The van der Waals surface area contributed by atoms with Crippen LogP contribution in [0.3, 0.4) is 0 Å². The molecule has 0 aliphatic heterocycles. The van der Waals surface area contributed by atoms with E-state index in [-0.39, 0.29) is 0 Å². The van der Waals surface area contributed by atoms with Crippen molar-refractivity contribution in [3.8, 4) is 16.8 Å². The second-order valence-electron chi connectivity index (χ2n) is 5.99. The first-order valence-corrected chi connectivity index (χ1v) is 8.87. The maximum absolute atomic E-state index is 2.43. The molecule has 1 nitrogen and oxygen atoms in total. The van der Waals surface area contributed by atoms with E-state index in [0.29, 0.717) is 0 Å². The zero-order chi connectivity index (χ0) is 15.4. The summed E-state index contributed by atoms with van der Waals surface area (Å²) in [6.07, 6.45) is 1.01. The Balaban J connectivity index is 1.93. The van der Waals surface area contributed by atoms with Crippen LogP contribution in [0.5, 0.6) is 0 Å². The average molecular weight is 407 g/mol. The summed E-state index contributed by atoms with van der Waals surface area (Å²) in [4.78, 5) is 0. The van der Waals surface area contributed by atoms with Crippen molar-refractivity contribution in [2.45, 2.75) is 6.42 Å². The fraction of sp³-hybridized carbons (Fsp3) is 0.0476. The summed E-state index contributed by atoms with van der Waals surface area (Å²) in [6.45, 7) is 0. The highest BCUT2D eigenvalue weighted by Gasteiger charge is 2.26. The zero-order valence-corrected chi connectivity index (χ0v) is 14.6. The van der Waals surface area contributed by atoms with E-state index in [2.05, 4.69) is 100.0 Å². The smallest absolute Gasteiger partial charge is 0.0538 e. The molecule has 0 atom stereocenters. The number of fused-ring (bicyclic) bond motifs is 5. The number of hydrogen-bond acceptors (Lipinski definition) is 0. The molecule has 0 bridgehead atoms. The monoisotopic (exact) mass is 407 g/mol. The van der Waals surface area contributed by atoms with Gasteiger partial charge in [0.2, 0.25) is 0 Å². The number of halogens is 1. The molecule has 0 N–H and O–H groups in total. The average Bonchev–Trinajstić information content (AvgIpc) is 3.10. The van der Waals surface area contributed by atoms with Crippen LogP contribution in [0.2, 0.25) is 0 Å². The molecular weight excluding hydrogens is 393 g/mol. The van der Waals surface area contributed by atoms with Gasteiger partial charge < -0.3 is 4.57 Å². The number of aromatic nitrogens is 1. The zero-order valence-electron chi connectivity index (χ0n) is 12.5. The molecule has 0 saturated carbocycles. The van der Waals surface area contributed by atoms with Crippen molar-refractivity contribution >= 4 is 33.5 Å². The number of benzene rings is 3. The Morgan fingerprint density at radius 3 is 2.48 bits per heavy atom. The first-order valence-electron chi connectivity index (χ1n) is 7.79. The maximum Gasteiger partial charge on any atom is 0.0538 e. The standard InChI is InChI=1S/C21H14IN/c22-15-10-11-19-18(13-15)21-17-9-5-4-6-14(17)12-20(21)23(19)16-7-2-1-3-8-16/h1-11,13H,12H2. The molecule has 0 fully saturated rings. The van der Waals surface area contributed by atoms with E-state index in [0.717, 1.165) is 6.42 Å². The predicted octanol–water partition coefficient (Wildman–Crippen LogP) is 5.81. The SMILES string of the molecule is Ic1ccc2c(c1)c1c(n2-c2ccccc2)Cc2ccccc2-1. The molecule has 0 radical (unpaired) electrons. The molecule has 0 spiro atoms. The molecule has 1 aliphatic rings. The lowest BCUT2D eigenvalue weighted by Crippen LogP contribution is -1.98. The Labute approximate surface area is 148 Å². The lowest BCUT2D eigenvalue weighted by Gasteiger charge is -2.09. The molecule has 4 aromatic rings. The van der Waals surface area contributed by atoms with Crippen molar-refractivity contribution in [1.29, 1.82) is 0 Å². The van der Waals surface area contributed by atoms with Gasteiger partial charge in [0, 0.05) is 32.3 Å². The molecule has 1 heterocycles. The van der Waals surface area contributed by atoms with Crippen LogP contribution in [0.1, 0.15) is 11.3 Å². The Hall–Kier alpha value is -2.07. The van der Waals surface area contributed by atoms with Crippen LogP contribution in [0.4, 0.5) is 0 Å². The van der Waals surface area contributed by atoms with Crippen LogP contribution in [0.25, 0.3) is 27.7 Å². The summed E-state index contributed by atoms with van der Waals surface area (Å²) in [5.74, 6) is 0. The molecule has 0 amide bonds. The van der Waals surface area contributed by atoms with Crippen molar-refractivity contribution in [2.75, 3.05) is 0 Å². The molecule has 0 saturated heterocycles. The van der Waals surface area contributed by atoms with Crippen LogP contribution in [-0.2, 0) is 6.42 Å². The van der Waals surface area contributed by atoms with Gasteiger partial charge in [-0.25, -0.2) is 0 Å². The Kier molecular flexibility index (Phi) is 2.89. The van der Waals surface area contributed by atoms with Crippen LogP contribution in [0, 0.1) is 3.57 Å². The highest BCUT2D eigenvalue weighted by Crippen LogP contribution is 2.44. The molecule has 110 valence electrons. The predicted molar refractivity (Wildman–Crippen MR) is 104 cm³/mol. The van der Waals surface area contributed by atoms with E-state index < -0.39 is 0 Å². The minimum absolute atomic E-state index is 1.01. The fourth-order valence-corrected chi connectivity index (χ4v) is 4.25. The molecule has 3 aromatic carbocycles. The van der Waals surface area contributed by atoms with E-state index >= 15 is 0 Å². The van der Waals surface area contributed by atoms with E-state index in [9.17, 15) is 0 Å². The van der Waals surface area contributed by atoms with Gasteiger partial charge >= 0.3 is 0 Å². The first-order chi connectivity index (χ1) is 11.3. The van der Waals surface area contributed by atoms with E-state index in [1.807, 2.05) is 0 Å². The van der Waals surface area contributed by atoms with E-state index in [1.54, 1.807) is 0 Å². The number of rotatable bonds is 1. The Morgan fingerprint density at radius 2 is 1.61 bits per heavy atom. The summed E-state index contributed by atoms with van der Waals surface area (Å²) in [6, 6.07) is 26.3. The maximum atomic E-state index is 2.43. The van der Waals surface area contributed by atoms with Crippen LogP contribution in [-0.4, -0.2) is 4.57 Å². The first kappa shape index (κ1) is 13.4. The molecular formula is C21H14IN. The van der Waals surface area contributed by atoms with Gasteiger partial charge in [-0.05, 0) is 64.0 Å². The molecule has 2 heteroatoms. The van der Waals surface area contributed by atoms with Crippen molar-refractivity contribution in [3.63, 3.8) is 0 Å². The summed E-state index contributed by atoms with van der Waals surface area (Å²) < 4.78 is 3.72. The third kappa shape index (κ3) is 1.91. The van der Waals surface area contributed by atoms with Gasteiger partial charge in [0.15, 0.2) is 0 Å². The quantitative estimate of drug-likeness (QED) is 0.309. The largest absolute Gasteiger partial charge is 0.313 e. The van der Waals surface area contributed by atoms with Gasteiger partial charge in [0.25, 0.3) is 0 Å². The topological polar surface area (TPSA) is 4.93 Å². The third-order valence-electron chi connectivity index (χ3n) is 4.69. The molecule has 23 heavy (non-hydrogen) atoms. The fourth-order valence-electron chi connectivity index (χ4n) is 3.75. The molecule has 1 aliphatic carbocycles. The highest BCUT2D eigenvalue weighted by atomic mass is 127. The van der Waals surface area contributed by atoms with Crippen LogP contribution in [0.15, 0.2) is 72.8 Å². The highest BCUT2D eigenvalue weighted by molar-refractivity contribution is 14.1. The summed E-state index contributed by atoms with van der Waals surface area (Å²) in [5.41, 5.74) is 8.20. The van der Waals surface area contributed by atoms with Crippen molar-refractivity contribution in [1.82, 2.24) is 4.57 Å². The third-order valence-corrected chi connectivity index (χ3v) is 5.36. The molecule has 0 unspecified atom stereocenters. The minimum Gasteiger partial charge on any atom is -0.313 e. The van der Waals surface area contributed by atoms with Gasteiger partial charge in [0.1, 0.15) is 0 Å².